The number of halogens is 4. The van der Waals surface area contributed by atoms with Crippen LogP contribution in [0.2, 0.25) is 5.02 Å². The van der Waals surface area contributed by atoms with Gasteiger partial charge in [-0.3, -0.25) is 9.59 Å². The van der Waals surface area contributed by atoms with Crippen molar-refractivity contribution < 1.29 is 23.1 Å². The van der Waals surface area contributed by atoms with Crippen molar-refractivity contribution in [1.29, 1.82) is 0 Å². The lowest BCUT2D eigenvalue weighted by Crippen LogP contribution is -2.36. The van der Waals surface area contributed by atoms with E-state index in [0.717, 1.165) is 24.5 Å². The van der Waals surface area contributed by atoms with Crippen LogP contribution in [0.3, 0.4) is 0 Å². The monoisotopic (exact) mass is 549 g/mol. The molecule has 2 aliphatic rings. The molecule has 1 aliphatic heterocycles. The Morgan fingerprint density at radius 3 is 2.65 bits per heavy atom. The molecule has 0 radical (unpaired) electrons. The summed E-state index contributed by atoms with van der Waals surface area (Å²) in [4.78, 5) is 35.2. The number of amides is 1. The first kappa shape index (κ1) is 25.8. The number of H-pyrrole nitrogens is 1. The van der Waals surface area contributed by atoms with Crippen LogP contribution < -0.4 is 5.56 Å². The number of thioether (sulfide) groups is 1. The third kappa shape index (κ3) is 5.42. The molecule has 1 saturated carbocycles. The van der Waals surface area contributed by atoms with Crippen LogP contribution in [0.4, 0.5) is 13.2 Å². The van der Waals surface area contributed by atoms with Gasteiger partial charge in [-0.1, -0.05) is 35.9 Å². The highest BCUT2D eigenvalue weighted by atomic mass is 35.5. The molecule has 3 aromatic rings. The van der Waals surface area contributed by atoms with Crippen LogP contribution >= 0.6 is 23.4 Å². The zero-order valence-corrected chi connectivity index (χ0v) is 21.1. The standard InChI is InChI=1S/C26H23ClF3N3O3S/c27-17-6-2-5-16(13-17)25(9-10-25)24-31-20-8-3-11-33(14-19(20)22(35)32-24)23(36)21(34)15-4-1-7-18(12-15)37-26(28,29)30/h1-2,4-7,12-13,21,34H,3,8-11,14H2,(H,31,32,35). The van der Waals surface area contributed by atoms with Gasteiger partial charge in [-0.15, -0.1) is 0 Å². The summed E-state index contributed by atoms with van der Waals surface area (Å²) in [5.41, 5.74) is -3.21. The minimum atomic E-state index is -4.49. The minimum Gasteiger partial charge on any atom is -0.378 e. The van der Waals surface area contributed by atoms with Crippen molar-refractivity contribution in [3.05, 3.63) is 92.1 Å². The lowest BCUT2D eigenvalue weighted by Gasteiger charge is -2.24. The van der Waals surface area contributed by atoms with Crippen molar-refractivity contribution in [3.63, 3.8) is 0 Å². The maximum Gasteiger partial charge on any atom is 0.446 e. The predicted octanol–water partition coefficient (Wildman–Crippen LogP) is 5.12. The number of aryl methyl sites for hydroxylation is 1. The van der Waals surface area contributed by atoms with Gasteiger partial charge in [-0.05, 0) is 72.8 Å². The number of aromatic nitrogens is 2. The van der Waals surface area contributed by atoms with Gasteiger partial charge in [-0.25, -0.2) is 4.98 Å². The second-order valence-electron chi connectivity index (χ2n) is 9.32. The van der Waals surface area contributed by atoms with Crippen LogP contribution in [0.15, 0.2) is 58.2 Å². The van der Waals surface area contributed by atoms with E-state index in [-0.39, 0.29) is 40.9 Å². The van der Waals surface area contributed by atoms with E-state index in [1.54, 1.807) is 6.07 Å². The molecule has 0 bridgehead atoms. The number of aromatic amines is 1. The molecule has 37 heavy (non-hydrogen) atoms. The van der Waals surface area contributed by atoms with Crippen molar-refractivity contribution in [2.24, 2.45) is 0 Å². The summed E-state index contributed by atoms with van der Waals surface area (Å²) in [6, 6.07) is 12.7. The summed E-state index contributed by atoms with van der Waals surface area (Å²) in [5.74, 6) is -0.0969. The van der Waals surface area contributed by atoms with Gasteiger partial charge >= 0.3 is 5.51 Å². The van der Waals surface area contributed by atoms with Crippen molar-refractivity contribution in [2.45, 2.75) is 54.2 Å². The molecule has 11 heteroatoms. The highest BCUT2D eigenvalue weighted by molar-refractivity contribution is 8.00. The molecule has 6 nitrogen and oxygen atoms in total. The number of nitrogens with zero attached hydrogens (tertiary/aromatic N) is 2. The van der Waals surface area contributed by atoms with Gasteiger partial charge in [0.15, 0.2) is 6.10 Å². The third-order valence-electron chi connectivity index (χ3n) is 6.83. The molecule has 0 spiro atoms. The number of nitrogens with one attached hydrogen (secondary N) is 1. The van der Waals surface area contributed by atoms with E-state index in [2.05, 4.69) is 4.98 Å². The summed E-state index contributed by atoms with van der Waals surface area (Å²) in [6.45, 7) is 0.229. The van der Waals surface area contributed by atoms with Crippen LogP contribution in [0.25, 0.3) is 0 Å². The zero-order valence-electron chi connectivity index (χ0n) is 19.5. The number of fused-ring (bicyclic) bond motifs is 1. The van der Waals surface area contributed by atoms with Crippen LogP contribution in [0, 0.1) is 0 Å². The van der Waals surface area contributed by atoms with E-state index in [9.17, 15) is 27.9 Å². The highest BCUT2D eigenvalue weighted by Gasteiger charge is 2.49. The molecule has 2 N–H and O–H groups in total. The van der Waals surface area contributed by atoms with E-state index in [1.165, 1.54) is 23.1 Å². The molecule has 1 fully saturated rings. The van der Waals surface area contributed by atoms with Gasteiger partial charge < -0.3 is 15.0 Å². The summed E-state index contributed by atoms with van der Waals surface area (Å²) < 4.78 is 38.2. The first-order valence-corrected chi connectivity index (χ1v) is 13.0. The van der Waals surface area contributed by atoms with Crippen molar-refractivity contribution in [1.82, 2.24) is 14.9 Å². The van der Waals surface area contributed by atoms with Gasteiger partial charge in [0.05, 0.1) is 23.2 Å². The van der Waals surface area contributed by atoms with E-state index >= 15 is 0 Å². The average molecular weight is 550 g/mol. The molecule has 1 aromatic heterocycles. The quantitative estimate of drug-likeness (QED) is 0.431. The summed E-state index contributed by atoms with van der Waals surface area (Å²) in [6.07, 6.45) is 1.01. The lowest BCUT2D eigenvalue weighted by molar-refractivity contribution is -0.141. The summed E-state index contributed by atoms with van der Waals surface area (Å²) in [5, 5.41) is 11.3. The molecular formula is C26H23ClF3N3O3S. The molecule has 194 valence electrons. The van der Waals surface area contributed by atoms with Crippen molar-refractivity contribution in [3.8, 4) is 0 Å². The Kier molecular flexibility index (Phi) is 6.84. The van der Waals surface area contributed by atoms with Crippen LogP contribution in [0.1, 0.15) is 53.6 Å². The minimum absolute atomic E-state index is 0.0466. The van der Waals surface area contributed by atoms with Gasteiger partial charge in [0.25, 0.3) is 11.5 Å². The van der Waals surface area contributed by atoms with Crippen LogP contribution in [0.5, 0.6) is 0 Å². The molecule has 2 aromatic carbocycles. The zero-order chi connectivity index (χ0) is 26.4. The van der Waals surface area contributed by atoms with Gasteiger partial charge in [0.1, 0.15) is 5.82 Å². The fraction of sp³-hybridized carbons (Fsp3) is 0.346. The Bertz CT molecular complexity index is 1410. The number of aliphatic hydroxyl groups is 1. The van der Waals surface area contributed by atoms with Gasteiger partial charge in [0, 0.05) is 16.5 Å². The Balaban J connectivity index is 1.38. The van der Waals surface area contributed by atoms with E-state index in [0.29, 0.717) is 34.9 Å². The maximum atomic E-state index is 13.2. The number of benzene rings is 2. The highest BCUT2D eigenvalue weighted by Crippen LogP contribution is 2.52. The van der Waals surface area contributed by atoms with E-state index in [4.69, 9.17) is 16.6 Å². The first-order chi connectivity index (χ1) is 17.6. The molecule has 5 rings (SSSR count). The molecule has 0 saturated heterocycles. The molecule has 2 heterocycles. The molecular weight excluding hydrogens is 527 g/mol. The smallest absolute Gasteiger partial charge is 0.378 e. The number of hydrogen-bond acceptors (Lipinski definition) is 5. The normalized spacial score (nSPS) is 17.6. The number of alkyl halides is 3. The van der Waals surface area contributed by atoms with Crippen LogP contribution in [-0.4, -0.2) is 37.9 Å². The Morgan fingerprint density at radius 1 is 1.19 bits per heavy atom. The summed E-state index contributed by atoms with van der Waals surface area (Å²) in [7, 11) is 0. The fourth-order valence-electron chi connectivity index (χ4n) is 4.81. The molecule has 1 aliphatic carbocycles. The van der Waals surface area contributed by atoms with Gasteiger partial charge in [0.2, 0.25) is 0 Å². The number of carbonyl (C=O) groups excluding carboxylic acids is 1. The third-order valence-corrected chi connectivity index (χ3v) is 7.78. The Labute approximate surface area is 219 Å². The van der Waals surface area contributed by atoms with Crippen LogP contribution in [-0.2, 0) is 23.2 Å². The molecule has 1 amide bonds. The van der Waals surface area contributed by atoms with E-state index in [1.807, 2.05) is 18.2 Å². The largest absolute Gasteiger partial charge is 0.446 e. The SMILES string of the molecule is O=C(C(O)c1cccc(SC(F)(F)F)c1)N1CCCc2nc(C3(c4cccc(Cl)c4)CC3)[nH]c(=O)c2C1. The topological polar surface area (TPSA) is 86.3 Å². The number of carbonyl (C=O) groups is 1. The number of hydrogen-bond donors (Lipinski definition) is 2. The number of rotatable bonds is 5. The van der Waals surface area contributed by atoms with Gasteiger partial charge in [-0.2, -0.15) is 13.2 Å². The summed E-state index contributed by atoms with van der Waals surface area (Å²) >= 11 is 5.87. The fourth-order valence-corrected chi connectivity index (χ4v) is 5.61. The second kappa shape index (κ2) is 9.81. The first-order valence-electron chi connectivity index (χ1n) is 11.8. The molecule has 1 unspecified atom stereocenters. The van der Waals surface area contributed by atoms with Crippen molar-refractivity contribution >= 4 is 29.3 Å². The maximum absolute atomic E-state index is 13.2. The second-order valence-corrected chi connectivity index (χ2v) is 10.9. The lowest BCUT2D eigenvalue weighted by atomic mass is 9.94. The average Bonchev–Trinajstić information content (AvgIpc) is 3.67. The Hall–Kier alpha value is -2.82. The molecule has 1 atom stereocenters. The number of aliphatic hydroxyl groups excluding tert-OH is 1. The van der Waals surface area contributed by atoms with E-state index < -0.39 is 22.9 Å². The Morgan fingerprint density at radius 2 is 1.95 bits per heavy atom. The van der Waals surface area contributed by atoms with Crippen molar-refractivity contribution in [2.75, 3.05) is 6.54 Å². The predicted molar refractivity (Wildman–Crippen MR) is 133 cm³/mol.